The molecule has 1 aromatic rings. The van der Waals surface area contributed by atoms with Gasteiger partial charge < -0.3 is 9.84 Å². The number of hydrogen-bond acceptors (Lipinski definition) is 4. The molecule has 1 saturated heterocycles. The highest BCUT2D eigenvalue weighted by molar-refractivity contribution is 7.88. The number of carboxylic acids is 1. The summed E-state index contributed by atoms with van der Waals surface area (Å²) in [6.07, 6.45) is 1.49. The van der Waals surface area contributed by atoms with E-state index in [0.29, 0.717) is 31.5 Å². The SMILES string of the molecule is COC1CCN(S(=O)(=O)Cc2cccc(C(=O)O)c2)CC1. The van der Waals surface area contributed by atoms with E-state index in [2.05, 4.69) is 0 Å². The van der Waals surface area contributed by atoms with Gasteiger partial charge in [0.25, 0.3) is 0 Å². The van der Waals surface area contributed by atoms with Gasteiger partial charge in [-0.15, -0.1) is 0 Å². The van der Waals surface area contributed by atoms with E-state index in [-0.39, 0.29) is 17.4 Å². The molecule has 1 fully saturated rings. The van der Waals surface area contributed by atoms with Gasteiger partial charge in [-0.3, -0.25) is 0 Å². The van der Waals surface area contributed by atoms with Gasteiger partial charge in [0, 0.05) is 20.2 Å². The molecule has 0 aromatic heterocycles. The number of rotatable bonds is 5. The smallest absolute Gasteiger partial charge is 0.335 e. The minimum absolute atomic E-state index is 0.0980. The number of benzene rings is 1. The Morgan fingerprint density at radius 3 is 2.62 bits per heavy atom. The van der Waals surface area contributed by atoms with Crippen LogP contribution in [-0.4, -0.2) is 50.1 Å². The quantitative estimate of drug-likeness (QED) is 0.886. The molecule has 0 radical (unpaired) electrons. The maximum Gasteiger partial charge on any atom is 0.335 e. The number of carboxylic acid groups (broad SMARTS) is 1. The normalized spacial score (nSPS) is 17.8. The highest BCUT2D eigenvalue weighted by atomic mass is 32.2. The van der Waals surface area contributed by atoms with E-state index in [1.54, 1.807) is 19.2 Å². The molecule has 0 atom stereocenters. The summed E-state index contributed by atoms with van der Waals surface area (Å²) in [5.41, 5.74) is 0.588. The number of nitrogens with zero attached hydrogens (tertiary/aromatic N) is 1. The molecule has 2 rings (SSSR count). The third kappa shape index (κ3) is 4.03. The van der Waals surface area contributed by atoms with Crippen LogP contribution in [0.5, 0.6) is 0 Å². The highest BCUT2D eigenvalue weighted by Gasteiger charge is 2.28. The lowest BCUT2D eigenvalue weighted by Gasteiger charge is -2.30. The molecule has 0 spiro atoms. The lowest BCUT2D eigenvalue weighted by Crippen LogP contribution is -2.41. The van der Waals surface area contributed by atoms with Gasteiger partial charge in [0.15, 0.2) is 0 Å². The molecule has 7 heteroatoms. The van der Waals surface area contributed by atoms with Crippen molar-refractivity contribution in [2.45, 2.75) is 24.7 Å². The Kier molecular flexibility index (Phi) is 4.97. The van der Waals surface area contributed by atoms with Crippen LogP contribution in [0.4, 0.5) is 0 Å². The second-order valence-corrected chi connectivity index (χ2v) is 7.06. The van der Waals surface area contributed by atoms with Crippen LogP contribution in [0.25, 0.3) is 0 Å². The molecule has 0 saturated carbocycles. The maximum absolute atomic E-state index is 12.4. The molecule has 0 amide bonds. The zero-order chi connectivity index (χ0) is 15.5. The van der Waals surface area contributed by atoms with Gasteiger partial charge in [0.05, 0.1) is 17.4 Å². The Labute approximate surface area is 124 Å². The third-order valence-corrected chi connectivity index (χ3v) is 5.50. The Morgan fingerprint density at radius 2 is 2.05 bits per heavy atom. The van der Waals surface area contributed by atoms with Crippen LogP contribution in [0.2, 0.25) is 0 Å². The fourth-order valence-electron chi connectivity index (χ4n) is 2.44. The topological polar surface area (TPSA) is 83.9 Å². The van der Waals surface area contributed by atoms with Gasteiger partial charge in [-0.2, -0.15) is 0 Å². The number of methoxy groups -OCH3 is 1. The van der Waals surface area contributed by atoms with Crippen LogP contribution < -0.4 is 0 Å². The highest BCUT2D eigenvalue weighted by Crippen LogP contribution is 2.19. The molecule has 116 valence electrons. The van der Waals surface area contributed by atoms with E-state index in [1.807, 2.05) is 0 Å². The van der Waals surface area contributed by atoms with Crippen molar-refractivity contribution in [3.63, 3.8) is 0 Å². The van der Waals surface area contributed by atoms with Gasteiger partial charge in [0.2, 0.25) is 10.0 Å². The van der Waals surface area contributed by atoms with E-state index in [1.165, 1.54) is 16.4 Å². The van der Waals surface area contributed by atoms with E-state index in [0.717, 1.165) is 0 Å². The Bertz CT molecular complexity index is 606. The van der Waals surface area contributed by atoms with Gasteiger partial charge >= 0.3 is 5.97 Å². The Balaban J connectivity index is 2.07. The average Bonchev–Trinajstić information content (AvgIpc) is 2.47. The van der Waals surface area contributed by atoms with Crippen LogP contribution in [0, 0.1) is 0 Å². The number of ether oxygens (including phenoxy) is 1. The van der Waals surface area contributed by atoms with Gasteiger partial charge in [-0.05, 0) is 30.5 Å². The van der Waals surface area contributed by atoms with E-state index < -0.39 is 16.0 Å². The number of piperidine rings is 1. The predicted molar refractivity (Wildman–Crippen MR) is 77.6 cm³/mol. The summed E-state index contributed by atoms with van der Waals surface area (Å²) in [7, 11) is -1.79. The summed E-state index contributed by atoms with van der Waals surface area (Å²) in [4.78, 5) is 10.9. The Morgan fingerprint density at radius 1 is 1.38 bits per heavy atom. The molecular formula is C14H19NO5S. The minimum Gasteiger partial charge on any atom is -0.478 e. The van der Waals surface area contributed by atoms with Crippen molar-refractivity contribution < 1.29 is 23.1 Å². The van der Waals surface area contributed by atoms with Crippen LogP contribution in [0.15, 0.2) is 24.3 Å². The first-order chi connectivity index (χ1) is 9.92. The van der Waals surface area contributed by atoms with Crippen LogP contribution >= 0.6 is 0 Å². The summed E-state index contributed by atoms with van der Waals surface area (Å²) in [6.45, 7) is 0.888. The molecule has 1 aliphatic rings. The molecular weight excluding hydrogens is 294 g/mol. The van der Waals surface area contributed by atoms with E-state index in [4.69, 9.17) is 9.84 Å². The lowest BCUT2D eigenvalue weighted by molar-refractivity contribution is 0.0604. The van der Waals surface area contributed by atoms with Crippen molar-refractivity contribution in [1.82, 2.24) is 4.31 Å². The van der Waals surface area contributed by atoms with E-state index >= 15 is 0 Å². The van der Waals surface area contributed by atoms with Crippen molar-refractivity contribution in [3.05, 3.63) is 35.4 Å². The molecule has 1 aliphatic heterocycles. The first kappa shape index (κ1) is 15.9. The summed E-state index contributed by atoms with van der Waals surface area (Å²) in [5.74, 6) is -1.23. The van der Waals surface area contributed by atoms with Crippen molar-refractivity contribution in [2.75, 3.05) is 20.2 Å². The molecule has 0 bridgehead atoms. The zero-order valence-electron chi connectivity index (χ0n) is 11.9. The molecule has 1 N–H and O–H groups in total. The monoisotopic (exact) mass is 313 g/mol. The molecule has 6 nitrogen and oxygen atoms in total. The second-order valence-electron chi connectivity index (χ2n) is 5.10. The van der Waals surface area contributed by atoms with E-state index in [9.17, 15) is 13.2 Å². The van der Waals surface area contributed by atoms with Crippen molar-refractivity contribution >= 4 is 16.0 Å². The predicted octanol–water partition coefficient (Wildman–Crippen LogP) is 1.33. The summed E-state index contributed by atoms with van der Waals surface area (Å²) < 4.78 is 31.4. The lowest BCUT2D eigenvalue weighted by atomic mass is 10.1. The molecule has 0 unspecified atom stereocenters. The maximum atomic E-state index is 12.4. The second kappa shape index (κ2) is 6.55. The molecule has 1 aromatic carbocycles. The van der Waals surface area contributed by atoms with Gasteiger partial charge in [-0.1, -0.05) is 12.1 Å². The van der Waals surface area contributed by atoms with Crippen molar-refractivity contribution in [1.29, 1.82) is 0 Å². The van der Waals surface area contributed by atoms with Crippen LogP contribution in [0.1, 0.15) is 28.8 Å². The first-order valence-corrected chi connectivity index (χ1v) is 8.36. The largest absolute Gasteiger partial charge is 0.478 e. The first-order valence-electron chi connectivity index (χ1n) is 6.75. The van der Waals surface area contributed by atoms with Crippen LogP contribution in [-0.2, 0) is 20.5 Å². The Hall–Kier alpha value is -1.44. The third-order valence-electron chi connectivity index (χ3n) is 3.65. The number of hydrogen-bond donors (Lipinski definition) is 1. The van der Waals surface area contributed by atoms with Gasteiger partial charge in [0.1, 0.15) is 0 Å². The molecule has 0 aliphatic carbocycles. The number of sulfonamides is 1. The minimum atomic E-state index is -3.43. The number of carbonyl (C=O) groups is 1. The molecule has 1 heterocycles. The van der Waals surface area contributed by atoms with Crippen molar-refractivity contribution in [3.8, 4) is 0 Å². The fourth-order valence-corrected chi connectivity index (χ4v) is 3.99. The summed E-state index contributed by atoms with van der Waals surface area (Å²) >= 11 is 0. The summed E-state index contributed by atoms with van der Waals surface area (Å²) in [5, 5.41) is 8.94. The zero-order valence-corrected chi connectivity index (χ0v) is 12.7. The standard InChI is InChI=1S/C14H19NO5S/c1-20-13-5-7-15(8-6-13)21(18,19)10-11-3-2-4-12(9-11)14(16)17/h2-4,9,13H,5-8,10H2,1H3,(H,16,17). The number of aromatic carboxylic acids is 1. The average molecular weight is 313 g/mol. The fraction of sp³-hybridized carbons (Fsp3) is 0.500. The van der Waals surface area contributed by atoms with Gasteiger partial charge in [-0.25, -0.2) is 17.5 Å². The molecule has 21 heavy (non-hydrogen) atoms. The van der Waals surface area contributed by atoms with Crippen LogP contribution in [0.3, 0.4) is 0 Å². The van der Waals surface area contributed by atoms with Crippen molar-refractivity contribution in [2.24, 2.45) is 0 Å². The summed E-state index contributed by atoms with van der Waals surface area (Å²) in [6, 6.07) is 6.04.